The van der Waals surface area contributed by atoms with Crippen molar-refractivity contribution < 1.29 is 19.7 Å². The molecular weight excluding hydrogens is 424 g/mol. The Hall–Kier alpha value is -1.39. The van der Waals surface area contributed by atoms with Crippen LogP contribution in [0, 0.1) is 40.9 Å². The number of fused-ring (bicyclic) bond motifs is 6. The molecule has 0 aromatic heterocycles. The Morgan fingerprint density at radius 3 is 1.18 bits per heavy atom. The molecule has 0 saturated heterocycles. The van der Waals surface area contributed by atoms with Gasteiger partial charge >= 0.3 is 5.97 Å². The van der Waals surface area contributed by atoms with Gasteiger partial charge in [-0.1, -0.05) is 50.3 Å². The Morgan fingerprint density at radius 2 is 1.03 bits per heavy atom. The molecule has 4 heteroatoms. The second-order valence-corrected chi connectivity index (χ2v) is 11.3. The molecule has 6 aliphatic rings. The van der Waals surface area contributed by atoms with Crippen LogP contribution < -0.4 is 0 Å². The maximum absolute atomic E-state index is 10.8. The zero-order chi connectivity index (χ0) is 24.4. The Bertz CT molecular complexity index is 594. The number of carbonyl (C=O) groups is 1. The predicted molar refractivity (Wildman–Crippen MR) is 138 cm³/mol. The average Bonchev–Trinajstić information content (AvgIpc) is 3.74. The number of hydrogen-bond donors (Lipinski definition) is 2. The molecule has 6 unspecified atom stereocenters. The van der Waals surface area contributed by atoms with Crippen molar-refractivity contribution in [2.24, 2.45) is 40.9 Å². The minimum Gasteiger partial charge on any atom is -0.465 e. The first-order chi connectivity index (χ1) is 16.5. The minimum atomic E-state index is -0.676. The first-order valence-corrected chi connectivity index (χ1v) is 13.9. The number of hydrogen-bond acceptors (Lipinski definition) is 4. The molecule has 6 bridgehead atoms. The third-order valence-corrected chi connectivity index (χ3v) is 8.76. The van der Waals surface area contributed by atoms with Gasteiger partial charge in [0.05, 0.1) is 18.6 Å². The topological polar surface area (TPSA) is 66.8 Å². The van der Waals surface area contributed by atoms with E-state index < -0.39 is 5.41 Å². The number of ether oxygens (including phenoxy) is 1. The molecule has 3 fully saturated rings. The van der Waals surface area contributed by atoms with Gasteiger partial charge in [0.15, 0.2) is 0 Å². The van der Waals surface area contributed by atoms with Gasteiger partial charge < -0.3 is 14.9 Å². The van der Waals surface area contributed by atoms with E-state index >= 15 is 0 Å². The predicted octanol–water partition coefficient (Wildman–Crippen LogP) is 6.24. The summed E-state index contributed by atoms with van der Waals surface area (Å²) in [6.07, 6.45) is 28.5. The monoisotopic (exact) mass is 472 g/mol. The summed E-state index contributed by atoms with van der Waals surface area (Å²) in [7, 11) is 0. The van der Waals surface area contributed by atoms with Crippen LogP contribution in [0.5, 0.6) is 0 Å². The zero-order valence-electron chi connectivity index (χ0n) is 21.5. The second-order valence-electron chi connectivity index (χ2n) is 11.3. The molecule has 0 radical (unpaired) electrons. The average molecular weight is 473 g/mol. The lowest BCUT2D eigenvalue weighted by Crippen LogP contribution is -2.35. The maximum Gasteiger partial charge on any atom is 0.305 e. The molecule has 192 valence electrons. The number of aliphatic hydroxyl groups excluding tert-OH is 2. The van der Waals surface area contributed by atoms with Gasteiger partial charge in [0.25, 0.3) is 0 Å². The van der Waals surface area contributed by atoms with E-state index in [2.05, 4.69) is 36.5 Å². The van der Waals surface area contributed by atoms with Crippen LogP contribution in [0.2, 0.25) is 0 Å². The summed E-state index contributed by atoms with van der Waals surface area (Å²) >= 11 is 0. The van der Waals surface area contributed by atoms with Crippen molar-refractivity contribution in [1.29, 1.82) is 0 Å². The van der Waals surface area contributed by atoms with Gasteiger partial charge in [0, 0.05) is 6.42 Å². The third-order valence-electron chi connectivity index (χ3n) is 8.76. The van der Waals surface area contributed by atoms with E-state index in [9.17, 15) is 4.79 Å². The molecular formula is C30H48O4. The Balaban J connectivity index is 0.000000131. The van der Waals surface area contributed by atoms with Crippen LogP contribution in [-0.2, 0) is 9.53 Å². The molecule has 6 atom stereocenters. The molecule has 0 aromatic rings. The number of aliphatic hydroxyl groups is 2. The Labute approximate surface area is 207 Å². The lowest BCUT2D eigenvalue weighted by molar-refractivity contribution is -0.149. The highest BCUT2D eigenvalue weighted by molar-refractivity contribution is 5.68. The van der Waals surface area contributed by atoms with E-state index in [1.165, 1.54) is 57.8 Å². The summed E-state index contributed by atoms with van der Waals surface area (Å²) in [5, 5.41) is 18.0. The van der Waals surface area contributed by atoms with Gasteiger partial charge in [-0.2, -0.15) is 0 Å². The van der Waals surface area contributed by atoms with Gasteiger partial charge in [-0.15, -0.1) is 0 Å². The van der Waals surface area contributed by atoms with Gasteiger partial charge in [0.1, 0.15) is 6.61 Å². The van der Waals surface area contributed by atoms with Crippen LogP contribution in [-0.4, -0.2) is 36.0 Å². The normalized spacial score (nSPS) is 32.6. The van der Waals surface area contributed by atoms with Crippen LogP contribution in [0.25, 0.3) is 0 Å². The van der Waals surface area contributed by atoms with Gasteiger partial charge in [-0.25, -0.2) is 0 Å². The van der Waals surface area contributed by atoms with Crippen LogP contribution in [0.1, 0.15) is 84.5 Å². The van der Waals surface area contributed by atoms with Crippen LogP contribution in [0.4, 0.5) is 0 Å². The Morgan fingerprint density at radius 1 is 0.706 bits per heavy atom. The van der Waals surface area contributed by atoms with Crippen molar-refractivity contribution in [2.75, 3.05) is 19.8 Å². The van der Waals surface area contributed by atoms with E-state index in [1.807, 2.05) is 6.92 Å². The first-order valence-electron chi connectivity index (χ1n) is 13.9. The van der Waals surface area contributed by atoms with Crippen molar-refractivity contribution in [2.45, 2.75) is 84.5 Å². The molecule has 6 rings (SSSR count). The summed E-state index contributed by atoms with van der Waals surface area (Å²) in [5.74, 6) is 5.64. The molecule has 0 aliphatic heterocycles. The second kappa shape index (κ2) is 13.6. The number of rotatable bonds is 6. The van der Waals surface area contributed by atoms with Crippen molar-refractivity contribution >= 4 is 5.97 Å². The fourth-order valence-corrected chi connectivity index (χ4v) is 5.95. The molecule has 0 spiro atoms. The molecule has 3 saturated carbocycles. The highest BCUT2D eigenvalue weighted by Gasteiger charge is 2.29. The summed E-state index contributed by atoms with van der Waals surface area (Å²) in [6.45, 7) is 3.29. The largest absolute Gasteiger partial charge is 0.465 e. The molecule has 34 heavy (non-hydrogen) atoms. The Kier molecular flexibility index (Phi) is 10.9. The van der Waals surface area contributed by atoms with Gasteiger partial charge in [0.2, 0.25) is 0 Å². The third kappa shape index (κ3) is 8.09. The van der Waals surface area contributed by atoms with Crippen molar-refractivity contribution in [3.8, 4) is 0 Å². The van der Waals surface area contributed by atoms with Gasteiger partial charge in [-0.3, -0.25) is 4.79 Å². The van der Waals surface area contributed by atoms with E-state index in [1.54, 1.807) is 6.92 Å². The van der Waals surface area contributed by atoms with Crippen LogP contribution in [0.3, 0.4) is 0 Å². The number of carbonyl (C=O) groups excluding carboxylic acids is 1. The molecule has 6 aliphatic carbocycles. The maximum atomic E-state index is 10.8. The molecule has 0 aromatic carbocycles. The van der Waals surface area contributed by atoms with Crippen molar-refractivity contribution in [3.63, 3.8) is 0 Å². The van der Waals surface area contributed by atoms with E-state index in [-0.39, 0.29) is 25.8 Å². The highest BCUT2D eigenvalue weighted by atomic mass is 16.5. The number of esters is 1. The van der Waals surface area contributed by atoms with Crippen molar-refractivity contribution in [1.82, 2.24) is 0 Å². The van der Waals surface area contributed by atoms with Crippen LogP contribution in [0.15, 0.2) is 36.5 Å². The molecule has 2 N–H and O–H groups in total. The van der Waals surface area contributed by atoms with Crippen LogP contribution >= 0.6 is 0 Å². The fraction of sp³-hybridized carbons (Fsp3) is 0.767. The van der Waals surface area contributed by atoms with E-state index in [0.29, 0.717) is 12.8 Å². The summed E-state index contributed by atoms with van der Waals surface area (Å²) in [5.41, 5.74) is -0.676. The summed E-state index contributed by atoms with van der Waals surface area (Å²) < 4.78 is 4.87. The zero-order valence-corrected chi connectivity index (χ0v) is 21.5. The fourth-order valence-electron chi connectivity index (χ4n) is 5.95. The summed E-state index contributed by atoms with van der Waals surface area (Å²) in [4.78, 5) is 10.8. The van der Waals surface area contributed by atoms with Crippen molar-refractivity contribution in [3.05, 3.63) is 36.5 Å². The molecule has 4 nitrogen and oxygen atoms in total. The standard InChI is InChI=1S/C9H18O4.3C7H10/c1-3-8(12)13-7-9(4-2,5-10)6-11;3*1-2-7-4-3-6(1)5-7/h10-11H,3-7H2,1-2H3;3*1-2,6-7H,3-5H2. The lowest BCUT2D eigenvalue weighted by Gasteiger charge is -2.27. The first kappa shape index (κ1) is 27.2. The number of allylic oxidation sites excluding steroid dienone is 6. The van der Waals surface area contributed by atoms with Gasteiger partial charge in [-0.05, 0) is 99.7 Å². The lowest BCUT2D eigenvalue weighted by atomic mass is 9.88. The smallest absolute Gasteiger partial charge is 0.305 e. The highest BCUT2D eigenvalue weighted by Crippen LogP contribution is 2.39. The minimum absolute atomic E-state index is 0.0865. The van der Waals surface area contributed by atoms with E-state index in [4.69, 9.17) is 14.9 Å². The molecule has 0 heterocycles. The van der Waals surface area contributed by atoms with E-state index in [0.717, 1.165) is 35.5 Å². The quantitative estimate of drug-likeness (QED) is 0.355. The summed E-state index contributed by atoms with van der Waals surface area (Å²) in [6, 6.07) is 0. The molecule has 0 amide bonds. The SMILES string of the molecule is C1=CC2CCC1C2.C1=CC2CCC1C2.C1=CC2CCC1C2.CCC(=O)OCC(CC)(CO)CO.